The molecule has 32 heavy (non-hydrogen) atoms. The lowest BCUT2D eigenvalue weighted by atomic mass is 10.1. The number of carbonyl (C=O) groups is 1. The van der Waals surface area contributed by atoms with E-state index >= 15 is 0 Å². The molecule has 3 aromatic carbocycles. The first-order chi connectivity index (χ1) is 15.7. The minimum Gasteiger partial charge on any atom is -0.489 e. The second kappa shape index (κ2) is 11.3. The Kier molecular flexibility index (Phi) is 7.77. The summed E-state index contributed by atoms with van der Waals surface area (Å²) in [5.74, 6) is 1.77. The number of ether oxygens (including phenoxy) is 4. The van der Waals surface area contributed by atoms with Gasteiger partial charge in [-0.25, -0.2) is 0 Å². The van der Waals surface area contributed by atoms with Crippen LogP contribution in [0, 0.1) is 0 Å². The summed E-state index contributed by atoms with van der Waals surface area (Å²) in [6.45, 7) is 1.26. The Morgan fingerprint density at radius 3 is 2.25 bits per heavy atom. The zero-order chi connectivity index (χ0) is 22.0. The maximum atomic E-state index is 12.2. The van der Waals surface area contributed by atoms with E-state index in [0.717, 1.165) is 48.5 Å². The van der Waals surface area contributed by atoms with Gasteiger partial charge in [0.2, 0.25) is 0 Å². The number of carbonyl (C=O) groups excluding carboxylic acids is 1. The highest BCUT2D eigenvalue weighted by molar-refractivity contribution is 5.72. The van der Waals surface area contributed by atoms with Gasteiger partial charge in [-0.2, -0.15) is 0 Å². The lowest BCUT2D eigenvalue weighted by molar-refractivity contribution is -0.134. The Morgan fingerprint density at radius 2 is 1.53 bits per heavy atom. The van der Waals surface area contributed by atoms with Crippen molar-refractivity contribution < 1.29 is 23.7 Å². The van der Waals surface area contributed by atoms with Gasteiger partial charge in [-0.3, -0.25) is 4.79 Å². The molecular weight excluding hydrogens is 404 g/mol. The molecule has 166 valence electrons. The molecule has 1 aliphatic rings. The van der Waals surface area contributed by atoms with Crippen molar-refractivity contribution in [1.29, 1.82) is 0 Å². The van der Waals surface area contributed by atoms with Gasteiger partial charge in [0.1, 0.15) is 23.9 Å². The molecule has 3 aromatic rings. The van der Waals surface area contributed by atoms with Crippen LogP contribution in [0.2, 0.25) is 0 Å². The maximum Gasteiger partial charge on any atom is 0.311 e. The first kappa shape index (κ1) is 21.9. The minimum atomic E-state index is -0.265. The minimum absolute atomic E-state index is 0.153. The average Bonchev–Trinajstić information content (AvgIpc) is 2.84. The lowest BCUT2D eigenvalue weighted by Crippen LogP contribution is -2.24. The van der Waals surface area contributed by atoms with Gasteiger partial charge >= 0.3 is 5.97 Å². The van der Waals surface area contributed by atoms with Crippen molar-refractivity contribution in [3.8, 4) is 17.2 Å². The second-order valence-corrected chi connectivity index (χ2v) is 7.78. The third kappa shape index (κ3) is 6.86. The van der Waals surface area contributed by atoms with Crippen LogP contribution in [-0.2, 0) is 22.6 Å². The second-order valence-electron chi connectivity index (χ2n) is 7.78. The number of hydrogen-bond acceptors (Lipinski definition) is 5. The molecule has 1 unspecified atom stereocenters. The van der Waals surface area contributed by atoms with Crippen molar-refractivity contribution in [2.75, 3.05) is 6.61 Å². The Balaban J connectivity index is 1.19. The summed E-state index contributed by atoms with van der Waals surface area (Å²) in [5.41, 5.74) is 2.16. The van der Waals surface area contributed by atoms with Gasteiger partial charge in [-0.05, 0) is 66.8 Å². The average molecular weight is 433 g/mol. The summed E-state index contributed by atoms with van der Waals surface area (Å²) in [6, 6.07) is 24.9. The van der Waals surface area contributed by atoms with E-state index in [-0.39, 0.29) is 12.3 Å². The van der Waals surface area contributed by atoms with E-state index in [0.29, 0.717) is 25.2 Å². The van der Waals surface area contributed by atoms with E-state index in [1.165, 1.54) is 0 Å². The maximum absolute atomic E-state index is 12.2. The molecule has 1 heterocycles. The van der Waals surface area contributed by atoms with Crippen LogP contribution in [0.1, 0.15) is 36.8 Å². The Hall–Kier alpha value is -3.31. The third-order valence-electron chi connectivity index (χ3n) is 5.25. The summed E-state index contributed by atoms with van der Waals surface area (Å²) in [4.78, 5) is 12.2. The number of esters is 1. The van der Waals surface area contributed by atoms with Crippen LogP contribution in [0.15, 0.2) is 78.9 Å². The van der Waals surface area contributed by atoms with E-state index in [1.54, 1.807) is 24.3 Å². The van der Waals surface area contributed by atoms with E-state index in [1.807, 2.05) is 54.6 Å². The molecule has 0 saturated carbocycles. The molecule has 5 heteroatoms. The quantitative estimate of drug-likeness (QED) is 0.320. The van der Waals surface area contributed by atoms with Crippen LogP contribution in [0.4, 0.5) is 0 Å². The van der Waals surface area contributed by atoms with Gasteiger partial charge in [-0.15, -0.1) is 0 Å². The molecule has 4 rings (SSSR count). The van der Waals surface area contributed by atoms with Crippen molar-refractivity contribution in [1.82, 2.24) is 0 Å². The van der Waals surface area contributed by atoms with Crippen LogP contribution in [-0.4, -0.2) is 18.9 Å². The molecule has 1 saturated heterocycles. The first-order valence-corrected chi connectivity index (χ1v) is 11.1. The molecule has 0 N–H and O–H groups in total. The smallest absolute Gasteiger partial charge is 0.311 e. The molecule has 0 bridgehead atoms. The first-order valence-electron chi connectivity index (χ1n) is 11.1. The van der Waals surface area contributed by atoms with Crippen LogP contribution < -0.4 is 14.2 Å². The molecule has 1 atom stereocenters. The lowest BCUT2D eigenvalue weighted by Gasteiger charge is -2.23. The SMILES string of the molecule is O=C(CCc1ccc(OC2CCCCO2)cc1)Oc1ccc(OCc2ccccc2)cc1. The summed E-state index contributed by atoms with van der Waals surface area (Å²) < 4.78 is 22.6. The van der Waals surface area contributed by atoms with Crippen molar-refractivity contribution in [3.63, 3.8) is 0 Å². The summed E-state index contributed by atoms with van der Waals surface area (Å²) in [5, 5.41) is 0. The zero-order valence-electron chi connectivity index (χ0n) is 18.1. The highest BCUT2D eigenvalue weighted by atomic mass is 16.7. The van der Waals surface area contributed by atoms with Gasteiger partial charge in [0.05, 0.1) is 6.61 Å². The van der Waals surface area contributed by atoms with E-state index < -0.39 is 0 Å². The molecule has 0 amide bonds. The molecular formula is C27H28O5. The van der Waals surface area contributed by atoms with Crippen LogP contribution in [0.3, 0.4) is 0 Å². The largest absolute Gasteiger partial charge is 0.489 e. The molecule has 1 fully saturated rings. The van der Waals surface area contributed by atoms with Crippen molar-refractivity contribution in [2.45, 2.75) is 45.0 Å². The molecule has 1 aliphatic heterocycles. The van der Waals surface area contributed by atoms with Crippen molar-refractivity contribution in [2.24, 2.45) is 0 Å². The number of hydrogen-bond donors (Lipinski definition) is 0. The fourth-order valence-corrected chi connectivity index (χ4v) is 3.46. The van der Waals surface area contributed by atoms with E-state index in [2.05, 4.69) is 0 Å². The highest BCUT2D eigenvalue weighted by Crippen LogP contribution is 2.21. The highest BCUT2D eigenvalue weighted by Gasteiger charge is 2.15. The van der Waals surface area contributed by atoms with Crippen molar-refractivity contribution >= 4 is 5.97 Å². The third-order valence-corrected chi connectivity index (χ3v) is 5.25. The predicted octanol–water partition coefficient (Wildman–Crippen LogP) is 5.71. The number of rotatable bonds is 9. The molecule has 5 nitrogen and oxygen atoms in total. The summed E-state index contributed by atoms with van der Waals surface area (Å²) in [7, 11) is 0. The molecule has 0 spiro atoms. The van der Waals surface area contributed by atoms with Crippen molar-refractivity contribution in [3.05, 3.63) is 90.0 Å². The van der Waals surface area contributed by atoms with Crippen LogP contribution in [0.5, 0.6) is 17.2 Å². The topological polar surface area (TPSA) is 54.0 Å². The van der Waals surface area contributed by atoms with E-state index in [9.17, 15) is 4.79 Å². The normalized spacial score (nSPS) is 15.7. The molecule has 0 aliphatic carbocycles. The van der Waals surface area contributed by atoms with E-state index in [4.69, 9.17) is 18.9 Å². The Bertz CT molecular complexity index is 961. The fraction of sp³-hybridized carbons (Fsp3) is 0.296. The Morgan fingerprint density at radius 1 is 0.812 bits per heavy atom. The van der Waals surface area contributed by atoms with Gasteiger partial charge in [-0.1, -0.05) is 42.5 Å². The summed E-state index contributed by atoms with van der Waals surface area (Å²) in [6.07, 6.45) is 3.92. The molecule has 0 radical (unpaired) electrons. The monoisotopic (exact) mass is 432 g/mol. The Labute approximate surface area is 188 Å². The van der Waals surface area contributed by atoms with Gasteiger partial charge in [0.15, 0.2) is 6.29 Å². The van der Waals surface area contributed by atoms with Crippen LogP contribution in [0.25, 0.3) is 0 Å². The van der Waals surface area contributed by atoms with Gasteiger partial charge < -0.3 is 18.9 Å². The fourth-order valence-electron chi connectivity index (χ4n) is 3.46. The van der Waals surface area contributed by atoms with Crippen LogP contribution >= 0.6 is 0 Å². The molecule has 0 aromatic heterocycles. The zero-order valence-corrected chi connectivity index (χ0v) is 18.1. The number of aryl methyl sites for hydroxylation is 1. The number of benzene rings is 3. The summed E-state index contributed by atoms with van der Waals surface area (Å²) >= 11 is 0. The van der Waals surface area contributed by atoms with Gasteiger partial charge in [0.25, 0.3) is 0 Å². The standard InChI is InChI=1S/C27H28O5/c28-26(18-11-21-9-12-25(13-10-21)32-27-8-4-5-19-29-27)31-24-16-14-23(15-17-24)30-20-22-6-2-1-3-7-22/h1-3,6-7,9-10,12-17,27H,4-5,8,11,18-20H2. The predicted molar refractivity (Wildman–Crippen MR) is 122 cm³/mol. The van der Waals surface area contributed by atoms with Gasteiger partial charge in [0, 0.05) is 12.8 Å².